The van der Waals surface area contributed by atoms with Crippen molar-refractivity contribution in [1.29, 1.82) is 0 Å². The molecule has 0 saturated heterocycles. The molecule has 0 fully saturated rings. The van der Waals surface area contributed by atoms with Crippen molar-refractivity contribution in [1.82, 2.24) is 14.3 Å². The molecule has 0 bridgehead atoms. The number of benzene rings is 3. The number of halogens is 2. The number of fused-ring (bicyclic) bond motifs is 2. The van der Waals surface area contributed by atoms with Gasteiger partial charge in [-0.05, 0) is 65.9 Å². The van der Waals surface area contributed by atoms with E-state index in [0.717, 1.165) is 24.1 Å². The second-order valence-electron chi connectivity index (χ2n) is 9.52. The Bertz CT molecular complexity index is 1630. The third-order valence-electron chi connectivity index (χ3n) is 7.26. The van der Waals surface area contributed by atoms with Crippen LogP contribution in [0.2, 0.25) is 10.0 Å². The Morgan fingerprint density at radius 2 is 1.62 bits per heavy atom. The summed E-state index contributed by atoms with van der Waals surface area (Å²) in [5.41, 5.74) is 3.94. The van der Waals surface area contributed by atoms with Crippen LogP contribution in [0.3, 0.4) is 0 Å². The normalized spacial score (nSPS) is 17.4. The van der Waals surface area contributed by atoms with E-state index in [1.807, 2.05) is 50.2 Å². The van der Waals surface area contributed by atoms with Gasteiger partial charge in [-0.2, -0.15) is 9.78 Å². The molecule has 3 aromatic carbocycles. The fourth-order valence-corrected chi connectivity index (χ4v) is 5.72. The molecule has 2 aliphatic rings. The fourth-order valence-electron chi connectivity index (χ4n) is 5.47. The number of nitrogens with zero attached hydrogens (tertiary/aromatic N) is 5. The van der Waals surface area contributed by atoms with Crippen LogP contribution in [0, 0.1) is 0 Å². The minimum absolute atomic E-state index is 0.0387. The molecule has 1 aromatic heterocycles. The van der Waals surface area contributed by atoms with E-state index >= 15 is 0 Å². The topological polar surface area (TPSA) is 92.7 Å². The number of carboxylic acid groups (broad SMARTS) is 1. The molecule has 0 saturated carbocycles. The minimum Gasteiger partial charge on any atom is -0.481 e. The van der Waals surface area contributed by atoms with E-state index in [-0.39, 0.29) is 13.0 Å². The first-order valence-corrected chi connectivity index (χ1v) is 14.0. The monoisotopic (exact) mass is 577 g/mol. The predicted octanol–water partition coefficient (Wildman–Crippen LogP) is 5.95. The van der Waals surface area contributed by atoms with Crippen molar-refractivity contribution in [2.45, 2.75) is 45.1 Å². The Hall–Kier alpha value is -3.88. The van der Waals surface area contributed by atoms with Crippen LogP contribution in [-0.2, 0) is 23.2 Å². The summed E-state index contributed by atoms with van der Waals surface area (Å²) in [7, 11) is 0. The van der Waals surface area contributed by atoms with Gasteiger partial charge >= 0.3 is 11.7 Å². The first-order chi connectivity index (χ1) is 19.4. The summed E-state index contributed by atoms with van der Waals surface area (Å²) in [6.45, 7) is 4.43. The van der Waals surface area contributed by atoms with Gasteiger partial charge < -0.3 is 5.11 Å². The first kappa shape index (κ1) is 27.7. The zero-order chi connectivity index (χ0) is 28.4. The standard InChI is InChI=1S/C28H23Cl2N5O3.C2H6/c29-20-7-5-19(6-8-20)25-28(15-13-18-3-1-2-4-23(18)28)17-34(31-25)26-32-35(22-11-9-21(30)10-12-22)27(38)33(26)16-14-24(36)37;1-2/h1-12H,13-17H2,(H,36,37);1-2H3. The molecule has 0 amide bonds. The minimum atomic E-state index is -1.00. The highest BCUT2D eigenvalue weighted by atomic mass is 35.5. The SMILES string of the molecule is CC.O=C(O)CCn1c(N2CC3(CCc4ccccc43)C(c3ccc(Cl)cc3)=N2)nn(-c2ccc(Cl)cc2)c1=O. The summed E-state index contributed by atoms with van der Waals surface area (Å²) in [4.78, 5) is 24.9. The van der Waals surface area contributed by atoms with Gasteiger partial charge in [0.05, 0.1) is 29.8 Å². The number of hydrogen-bond donors (Lipinski definition) is 1. The molecular weight excluding hydrogens is 549 g/mol. The molecule has 6 rings (SSSR count). The van der Waals surface area contributed by atoms with E-state index in [1.165, 1.54) is 20.4 Å². The lowest BCUT2D eigenvalue weighted by atomic mass is 9.75. The lowest BCUT2D eigenvalue weighted by molar-refractivity contribution is -0.137. The van der Waals surface area contributed by atoms with Gasteiger partial charge in [-0.3, -0.25) is 9.36 Å². The molecule has 1 aliphatic carbocycles. The van der Waals surface area contributed by atoms with Crippen molar-refractivity contribution < 1.29 is 9.90 Å². The van der Waals surface area contributed by atoms with Gasteiger partial charge in [0.2, 0.25) is 5.95 Å². The van der Waals surface area contributed by atoms with Crippen LogP contribution >= 0.6 is 23.2 Å². The van der Waals surface area contributed by atoms with Crippen LogP contribution in [0.4, 0.5) is 5.95 Å². The molecule has 8 nitrogen and oxygen atoms in total. The molecule has 10 heteroatoms. The number of carbonyl (C=O) groups is 1. The highest BCUT2D eigenvalue weighted by Gasteiger charge is 2.49. The number of hydrogen-bond acceptors (Lipinski definition) is 5. The molecule has 40 heavy (non-hydrogen) atoms. The van der Waals surface area contributed by atoms with Crippen molar-refractivity contribution in [2.75, 3.05) is 11.6 Å². The third kappa shape index (κ3) is 4.93. The zero-order valence-electron chi connectivity index (χ0n) is 22.2. The predicted molar refractivity (Wildman–Crippen MR) is 158 cm³/mol. The smallest absolute Gasteiger partial charge is 0.352 e. The summed E-state index contributed by atoms with van der Waals surface area (Å²) in [6, 6.07) is 22.7. The molecule has 1 atom stereocenters. The Morgan fingerprint density at radius 3 is 2.30 bits per heavy atom. The van der Waals surface area contributed by atoms with E-state index in [0.29, 0.717) is 28.2 Å². The van der Waals surface area contributed by atoms with Crippen molar-refractivity contribution in [3.05, 3.63) is 110 Å². The zero-order valence-corrected chi connectivity index (χ0v) is 23.7. The Balaban J connectivity index is 0.00000158. The summed E-state index contributed by atoms with van der Waals surface area (Å²) in [5.74, 6) is -0.714. The number of carboxylic acids is 1. The van der Waals surface area contributed by atoms with Crippen LogP contribution < -0.4 is 10.7 Å². The maximum Gasteiger partial charge on any atom is 0.352 e. The highest BCUT2D eigenvalue weighted by molar-refractivity contribution is 6.31. The molecule has 1 spiro atoms. The van der Waals surface area contributed by atoms with Gasteiger partial charge in [0.25, 0.3) is 0 Å². The summed E-state index contributed by atoms with van der Waals surface area (Å²) in [5, 5.41) is 22.0. The third-order valence-corrected chi connectivity index (χ3v) is 7.76. The van der Waals surface area contributed by atoms with Crippen molar-refractivity contribution in [2.24, 2.45) is 5.10 Å². The lowest BCUT2D eigenvalue weighted by Crippen LogP contribution is -2.37. The first-order valence-electron chi connectivity index (χ1n) is 13.2. The average molecular weight is 579 g/mol. The van der Waals surface area contributed by atoms with Crippen LogP contribution in [0.15, 0.2) is 82.7 Å². The number of aryl methyl sites for hydroxylation is 1. The summed E-state index contributed by atoms with van der Waals surface area (Å²) < 4.78 is 2.64. The molecule has 0 radical (unpaired) electrons. The van der Waals surface area contributed by atoms with Crippen molar-refractivity contribution >= 4 is 40.8 Å². The van der Waals surface area contributed by atoms with Gasteiger partial charge in [0.15, 0.2) is 0 Å². The quantitative estimate of drug-likeness (QED) is 0.305. The summed E-state index contributed by atoms with van der Waals surface area (Å²) in [6.07, 6.45) is 1.53. The highest BCUT2D eigenvalue weighted by Crippen LogP contribution is 2.46. The largest absolute Gasteiger partial charge is 0.481 e. The maximum absolute atomic E-state index is 13.5. The van der Waals surface area contributed by atoms with Crippen molar-refractivity contribution in [3.8, 4) is 5.69 Å². The van der Waals surface area contributed by atoms with Gasteiger partial charge in [-0.15, -0.1) is 5.10 Å². The number of aliphatic carboxylic acids is 1. The second-order valence-corrected chi connectivity index (χ2v) is 10.4. The van der Waals surface area contributed by atoms with Gasteiger partial charge in [-0.1, -0.05) is 73.4 Å². The maximum atomic E-state index is 13.5. The number of aromatic nitrogens is 3. The van der Waals surface area contributed by atoms with E-state index in [9.17, 15) is 14.7 Å². The van der Waals surface area contributed by atoms with Gasteiger partial charge in [0.1, 0.15) is 0 Å². The molecule has 4 aromatic rings. The van der Waals surface area contributed by atoms with Crippen LogP contribution in [0.25, 0.3) is 5.69 Å². The second kappa shape index (κ2) is 11.3. The number of hydrazone groups is 1. The Labute approximate surface area is 242 Å². The van der Waals surface area contributed by atoms with E-state index in [2.05, 4.69) is 17.2 Å². The molecular formula is C30H29Cl2N5O3. The molecule has 1 N–H and O–H groups in total. The van der Waals surface area contributed by atoms with Crippen LogP contribution in [-0.4, -0.2) is 37.7 Å². The fraction of sp³-hybridized carbons (Fsp3) is 0.267. The number of anilines is 1. The lowest BCUT2D eigenvalue weighted by Gasteiger charge is -2.27. The number of rotatable bonds is 6. The summed E-state index contributed by atoms with van der Waals surface area (Å²) >= 11 is 12.2. The van der Waals surface area contributed by atoms with E-state index in [1.54, 1.807) is 29.3 Å². The van der Waals surface area contributed by atoms with E-state index < -0.39 is 17.1 Å². The molecule has 2 heterocycles. The van der Waals surface area contributed by atoms with Gasteiger partial charge in [0, 0.05) is 16.6 Å². The average Bonchev–Trinajstić information content (AvgIpc) is 3.64. The molecule has 1 aliphatic heterocycles. The van der Waals surface area contributed by atoms with Crippen molar-refractivity contribution in [3.63, 3.8) is 0 Å². The molecule has 206 valence electrons. The Kier molecular flexibility index (Phi) is 7.83. The van der Waals surface area contributed by atoms with Gasteiger partial charge in [-0.25, -0.2) is 9.80 Å². The van der Waals surface area contributed by atoms with Crippen LogP contribution in [0.5, 0.6) is 0 Å². The Morgan fingerprint density at radius 1 is 0.975 bits per heavy atom. The molecule has 1 unspecified atom stereocenters. The van der Waals surface area contributed by atoms with Crippen LogP contribution in [0.1, 0.15) is 43.4 Å². The van der Waals surface area contributed by atoms with E-state index in [4.69, 9.17) is 28.3 Å².